The van der Waals surface area contributed by atoms with Crippen molar-refractivity contribution in [1.29, 1.82) is 0 Å². The molecule has 4 heteroatoms. The number of carbonyl (C=O) groups is 1. The molecule has 114 valence electrons. The van der Waals surface area contributed by atoms with E-state index in [1.807, 2.05) is 37.2 Å². The van der Waals surface area contributed by atoms with E-state index >= 15 is 0 Å². The van der Waals surface area contributed by atoms with Crippen LogP contribution in [-0.2, 0) is 4.79 Å². The van der Waals surface area contributed by atoms with Crippen LogP contribution in [0.2, 0.25) is 0 Å². The zero-order valence-corrected chi connectivity index (χ0v) is 13.0. The average molecular weight is 287 g/mol. The van der Waals surface area contributed by atoms with Gasteiger partial charge < -0.3 is 10.2 Å². The van der Waals surface area contributed by atoms with Gasteiger partial charge in [0.2, 0.25) is 5.91 Å². The first-order valence-corrected chi connectivity index (χ1v) is 7.92. The van der Waals surface area contributed by atoms with Gasteiger partial charge in [-0.05, 0) is 45.5 Å². The SMILES string of the molecule is CN(C)C(C(=O)N1C2CCNCC1CC2)c1ccccc1. The van der Waals surface area contributed by atoms with Crippen molar-refractivity contribution >= 4 is 5.91 Å². The van der Waals surface area contributed by atoms with Gasteiger partial charge in [0.1, 0.15) is 6.04 Å². The highest BCUT2D eigenvalue weighted by molar-refractivity contribution is 5.84. The van der Waals surface area contributed by atoms with Gasteiger partial charge in [-0.1, -0.05) is 30.3 Å². The quantitative estimate of drug-likeness (QED) is 0.918. The number of likely N-dealkylation sites (N-methyl/N-ethyl adjacent to an activating group) is 1. The number of hydrogen-bond donors (Lipinski definition) is 1. The molecule has 0 spiro atoms. The van der Waals surface area contributed by atoms with Gasteiger partial charge in [0, 0.05) is 18.6 Å². The van der Waals surface area contributed by atoms with E-state index in [1.54, 1.807) is 0 Å². The molecule has 2 aliphatic rings. The first-order valence-electron chi connectivity index (χ1n) is 7.92. The molecule has 0 aromatic heterocycles. The molecule has 1 amide bonds. The number of benzene rings is 1. The molecule has 3 atom stereocenters. The van der Waals surface area contributed by atoms with E-state index in [0.717, 1.165) is 37.9 Å². The van der Waals surface area contributed by atoms with Crippen LogP contribution in [0.25, 0.3) is 0 Å². The van der Waals surface area contributed by atoms with E-state index in [9.17, 15) is 4.79 Å². The van der Waals surface area contributed by atoms with Crippen LogP contribution in [0.4, 0.5) is 0 Å². The molecule has 0 radical (unpaired) electrons. The topological polar surface area (TPSA) is 35.6 Å². The van der Waals surface area contributed by atoms with Crippen molar-refractivity contribution in [3.63, 3.8) is 0 Å². The third-order valence-electron chi connectivity index (χ3n) is 4.77. The summed E-state index contributed by atoms with van der Waals surface area (Å²) in [5.41, 5.74) is 1.09. The maximum atomic E-state index is 13.2. The Bertz CT molecular complexity index is 474. The number of amides is 1. The highest BCUT2D eigenvalue weighted by Crippen LogP contribution is 2.32. The van der Waals surface area contributed by atoms with Gasteiger partial charge in [0.25, 0.3) is 0 Å². The highest BCUT2D eigenvalue weighted by atomic mass is 16.2. The van der Waals surface area contributed by atoms with Crippen molar-refractivity contribution in [3.05, 3.63) is 35.9 Å². The van der Waals surface area contributed by atoms with Crippen LogP contribution in [0.3, 0.4) is 0 Å². The van der Waals surface area contributed by atoms with E-state index in [4.69, 9.17) is 0 Å². The maximum Gasteiger partial charge on any atom is 0.245 e. The number of hydrogen-bond acceptors (Lipinski definition) is 3. The van der Waals surface area contributed by atoms with Crippen LogP contribution in [0, 0.1) is 0 Å². The lowest BCUT2D eigenvalue weighted by Gasteiger charge is -2.34. The lowest BCUT2D eigenvalue weighted by molar-refractivity contribution is -0.139. The smallest absolute Gasteiger partial charge is 0.245 e. The molecule has 1 aromatic rings. The summed E-state index contributed by atoms with van der Waals surface area (Å²) in [7, 11) is 3.99. The third kappa shape index (κ3) is 2.83. The average Bonchev–Trinajstić information content (AvgIpc) is 2.73. The van der Waals surface area contributed by atoms with Crippen molar-refractivity contribution < 1.29 is 4.79 Å². The second kappa shape index (κ2) is 6.16. The largest absolute Gasteiger partial charge is 0.334 e. The summed E-state index contributed by atoms with van der Waals surface area (Å²) in [5, 5.41) is 3.46. The Hall–Kier alpha value is -1.39. The van der Waals surface area contributed by atoms with Gasteiger partial charge in [-0.3, -0.25) is 9.69 Å². The first kappa shape index (κ1) is 14.5. The molecule has 2 heterocycles. The number of fused-ring (bicyclic) bond motifs is 2. The fraction of sp³-hybridized carbons (Fsp3) is 0.588. The van der Waals surface area contributed by atoms with E-state index in [2.05, 4.69) is 22.3 Å². The molecule has 2 fully saturated rings. The van der Waals surface area contributed by atoms with Crippen molar-refractivity contribution in [3.8, 4) is 0 Å². The minimum atomic E-state index is -0.174. The van der Waals surface area contributed by atoms with Crippen LogP contribution >= 0.6 is 0 Å². The van der Waals surface area contributed by atoms with Crippen LogP contribution < -0.4 is 5.32 Å². The third-order valence-corrected chi connectivity index (χ3v) is 4.77. The standard InChI is InChI=1S/C17H25N3O/c1-19(2)16(13-6-4-3-5-7-13)17(21)20-14-8-9-15(20)12-18-11-10-14/h3-7,14-16,18H,8-12H2,1-2H3. The molecule has 1 N–H and O–H groups in total. The predicted octanol–water partition coefficient (Wildman–Crippen LogP) is 1.64. The van der Waals surface area contributed by atoms with Gasteiger partial charge in [-0.25, -0.2) is 0 Å². The van der Waals surface area contributed by atoms with E-state index in [-0.39, 0.29) is 11.9 Å². The van der Waals surface area contributed by atoms with Crippen molar-refractivity contribution in [1.82, 2.24) is 15.1 Å². The van der Waals surface area contributed by atoms with Gasteiger partial charge in [-0.2, -0.15) is 0 Å². The van der Waals surface area contributed by atoms with Gasteiger partial charge in [0.15, 0.2) is 0 Å². The zero-order chi connectivity index (χ0) is 14.8. The van der Waals surface area contributed by atoms with Crippen LogP contribution in [0.15, 0.2) is 30.3 Å². The van der Waals surface area contributed by atoms with Crippen molar-refractivity contribution in [2.24, 2.45) is 0 Å². The molecule has 2 bridgehead atoms. The summed E-state index contributed by atoms with van der Waals surface area (Å²) >= 11 is 0. The summed E-state index contributed by atoms with van der Waals surface area (Å²) in [5.74, 6) is 0.266. The monoisotopic (exact) mass is 287 g/mol. The molecular formula is C17H25N3O. The van der Waals surface area contributed by atoms with Crippen LogP contribution in [0.1, 0.15) is 30.9 Å². The Balaban J connectivity index is 1.88. The predicted molar refractivity (Wildman–Crippen MR) is 84.0 cm³/mol. The van der Waals surface area contributed by atoms with Crippen molar-refractivity contribution in [2.45, 2.75) is 37.4 Å². The molecule has 0 aliphatic carbocycles. The maximum absolute atomic E-state index is 13.2. The fourth-order valence-corrected chi connectivity index (χ4v) is 3.78. The second-order valence-corrected chi connectivity index (χ2v) is 6.40. The van der Waals surface area contributed by atoms with E-state index in [0.29, 0.717) is 12.1 Å². The Morgan fingerprint density at radius 3 is 2.62 bits per heavy atom. The zero-order valence-electron chi connectivity index (χ0n) is 13.0. The molecule has 3 rings (SSSR count). The molecule has 0 saturated carbocycles. The van der Waals surface area contributed by atoms with E-state index in [1.165, 1.54) is 0 Å². The summed E-state index contributed by atoms with van der Waals surface area (Å²) in [6.45, 7) is 1.97. The molecule has 21 heavy (non-hydrogen) atoms. The summed E-state index contributed by atoms with van der Waals surface area (Å²) in [4.78, 5) is 17.4. The number of nitrogens with zero attached hydrogens (tertiary/aromatic N) is 2. The lowest BCUT2D eigenvalue weighted by Crippen LogP contribution is -2.47. The Morgan fingerprint density at radius 1 is 1.19 bits per heavy atom. The summed E-state index contributed by atoms with van der Waals surface area (Å²) in [6, 6.07) is 10.8. The molecule has 2 aliphatic heterocycles. The van der Waals surface area contributed by atoms with Crippen LogP contribution in [0.5, 0.6) is 0 Å². The molecule has 1 aromatic carbocycles. The second-order valence-electron chi connectivity index (χ2n) is 6.40. The fourth-order valence-electron chi connectivity index (χ4n) is 3.78. The van der Waals surface area contributed by atoms with Gasteiger partial charge in [0.05, 0.1) is 0 Å². The molecular weight excluding hydrogens is 262 g/mol. The van der Waals surface area contributed by atoms with Crippen molar-refractivity contribution in [2.75, 3.05) is 27.2 Å². The highest BCUT2D eigenvalue weighted by Gasteiger charge is 2.41. The van der Waals surface area contributed by atoms with Gasteiger partial charge >= 0.3 is 0 Å². The molecule has 2 saturated heterocycles. The van der Waals surface area contributed by atoms with Gasteiger partial charge in [-0.15, -0.1) is 0 Å². The normalized spacial score (nSPS) is 26.7. The first-order chi connectivity index (χ1) is 10.2. The van der Waals surface area contributed by atoms with E-state index < -0.39 is 0 Å². The Labute approximate surface area is 127 Å². The minimum absolute atomic E-state index is 0.174. The summed E-state index contributed by atoms with van der Waals surface area (Å²) in [6.07, 6.45) is 3.38. The lowest BCUT2D eigenvalue weighted by atomic mass is 10.0. The molecule has 3 unspecified atom stereocenters. The summed E-state index contributed by atoms with van der Waals surface area (Å²) < 4.78 is 0. The number of nitrogens with one attached hydrogen (secondary N) is 1. The number of rotatable bonds is 3. The Morgan fingerprint density at radius 2 is 1.90 bits per heavy atom. The van der Waals surface area contributed by atoms with Crippen LogP contribution in [-0.4, -0.2) is 55.0 Å². The molecule has 4 nitrogen and oxygen atoms in total. The Kier molecular flexibility index (Phi) is 4.27. The minimum Gasteiger partial charge on any atom is -0.334 e. The number of carbonyl (C=O) groups excluding carboxylic acids is 1.